The number of fused-ring (bicyclic) bond motifs is 1. The van der Waals surface area contributed by atoms with E-state index in [-0.39, 0.29) is 6.04 Å². The third-order valence-electron chi connectivity index (χ3n) is 4.11. The zero-order valence-corrected chi connectivity index (χ0v) is 12.6. The number of rotatable bonds is 4. The molecule has 0 amide bonds. The summed E-state index contributed by atoms with van der Waals surface area (Å²) in [4.78, 5) is 0. The average Bonchev–Trinajstić information content (AvgIpc) is 2.89. The quantitative estimate of drug-likeness (QED) is 0.900. The second kappa shape index (κ2) is 5.78. The molecule has 2 aromatic rings. The molecule has 3 rings (SSSR count). The summed E-state index contributed by atoms with van der Waals surface area (Å²) in [6, 6.07) is 15.1. The fraction of sp³-hybridized carbons (Fsp3) is 0.333. The first kappa shape index (κ1) is 14.0. The Labute approximate surface area is 126 Å². The highest BCUT2D eigenvalue weighted by Gasteiger charge is 2.23. The molecule has 1 aliphatic heterocycles. The predicted octanol–water partition coefficient (Wildman–Crippen LogP) is 3.61. The molecule has 3 nitrogen and oxygen atoms in total. The molecule has 110 valence electrons. The van der Waals surface area contributed by atoms with E-state index in [1.54, 1.807) is 7.11 Å². The number of anilines is 1. The van der Waals surface area contributed by atoms with Gasteiger partial charge in [0.05, 0.1) is 7.11 Å². The van der Waals surface area contributed by atoms with Crippen molar-refractivity contribution in [2.45, 2.75) is 25.3 Å². The molecular weight excluding hydrogens is 260 g/mol. The summed E-state index contributed by atoms with van der Waals surface area (Å²) in [7, 11) is 1.69. The fourth-order valence-corrected chi connectivity index (χ4v) is 3.03. The molecule has 0 fully saturated rings. The van der Waals surface area contributed by atoms with Crippen LogP contribution in [-0.4, -0.2) is 19.7 Å². The Bertz CT molecular complexity index is 620. The van der Waals surface area contributed by atoms with Crippen LogP contribution in [0.4, 0.5) is 5.69 Å². The molecule has 0 saturated heterocycles. The van der Waals surface area contributed by atoms with Crippen LogP contribution in [0.5, 0.6) is 5.75 Å². The number of hydrogen-bond acceptors (Lipinski definition) is 3. The maximum atomic E-state index is 5.94. The molecule has 1 aliphatic rings. The van der Waals surface area contributed by atoms with Gasteiger partial charge in [0.15, 0.2) is 0 Å². The highest BCUT2D eigenvalue weighted by Crippen LogP contribution is 2.37. The molecule has 0 spiro atoms. The number of benzene rings is 2. The molecule has 0 bridgehead atoms. The van der Waals surface area contributed by atoms with E-state index in [0.29, 0.717) is 5.92 Å². The van der Waals surface area contributed by atoms with Gasteiger partial charge in [-0.15, -0.1) is 0 Å². The molecule has 0 saturated carbocycles. The molecule has 2 atom stereocenters. The second-order valence-corrected chi connectivity index (χ2v) is 5.82. The van der Waals surface area contributed by atoms with Gasteiger partial charge in [-0.25, -0.2) is 0 Å². The first-order valence-electron chi connectivity index (χ1n) is 7.45. The van der Waals surface area contributed by atoms with Crippen molar-refractivity contribution >= 4 is 5.69 Å². The Balaban J connectivity index is 1.86. The van der Waals surface area contributed by atoms with Gasteiger partial charge in [0.2, 0.25) is 0 Å². The zero-order valence-electron chi connectivity index (χ0n) is 12.6. The summed E-state index contributed by atoms with van der Waals surface area (Å²) in [5.74, 6) is 1.42. The van der Waals surface area contributed by atoms with Crippen LogP contribution in [0.2, 0.25) is 0 Å². The van der Waals surface area contributed by atoms with Crippen LogP contribution in [0.3, 0.4) is 0 Å². The predicted molar refractivity (Wildman–Crippen MR) is 87.9 cm³/mol. The molecule has 3 N–H and O–H groups in total. The first-order chi connectivity index (χ1) is 10.2. The largest absolute Gasteiger partial charge is 0.497 e. The van der Waals surface area contributed by atoms with Gasteiger partial charge < -0.3 is 15.8 Å². The summed E-state index contributed by atoms with van der Waals surface area (Å²) < 4.78 is 5.21. The average molecular weight is 282 g/mol. The Morgan fingerprint density at radius 2 is 1.90 bits per heavy atom. The molecule has 1 heterocycles. The number of ether oxygens (including phenoxy) is 1. The van der Waals surface area contributed by atoms with Crippen molar-refractivity contribution in [3.8, 4) is 16.9 Å². The fourth-order valence-electron chi connectivity index (χ4n) is 3.03. The standard InChI is InChI=1S/C18H22N2O/c1-12(19)9-15-11-20-18-10-14(5-8-17(15)18)13-3-6-16(21-2)7-4-13/h3-8,10,12,15,20H,9,11,19H2,1-2H3/t12-,15?/m0/s1. The summed E-state index contributed by atoms with van der Waals surface area (Å²) in [6.45, 7) is 3.06. The number of hydrogen-bond donors (Lipinski definition) is 2. The monoisotopic (exact) mass is 282 g/mol. The number of methoxy groups -OCH3 is 1. The third kappa shape index (κ3) is 2.88. The molecular formula is C18H22N2O. The van der Waals surface area contributed by atoms with Crippen molar-refractivity contribution < 1.29 is 4.74 Å². The molecule has 3 heteroatoms. The van der Waals surface area contributed by atoms with Crippen molar-refractivity contribution in [1.29, 1.82) is 0 Å². The van der Waals surface area contributed by atoms with Crippen LogP contribution in [0.15, 0.2) is 42.5 Å². The van der Waals surface area contributed by atoms with Gasteiger partial charge >= 0.3 is 0 Å². The zero-order chi connectivity index (χ0) is 14.8. The maximum absolute atomic E-state index is 5.94. The Kier molecular flexibility index (Phi) is 3.84. The van der Waals surface area contributed by atoms with E-state index in [2.05, 4.69) is 42.6 Å². The molecule has 2 aromatic carbocycles. The number of nitrogens with two attached hydrogens (primary N) is 1. The van der Waals surface area contributed by atoms with Gasteiger partial charge in [-0.2, -0.15) is 0 Å². The van der Waals surface area contributed by atoms with Crippen LogP contribution in [0, 0.1) is 0 Å². The van der Waals surface area contributed by atoms with Gasteiger partial charge in [-0.3, -0.25) is 0 Å². The van der Waals surface area contributed by atoms with E-state index in [4.69, 9.17) is 10.5 Å². The molecule has 0 aliphatic carbocycles. The van der Waals surface area contributed by atoms with E-state index in [1.165, 1.54) is 22.4 Å². The summed E-state index contributed by atoms with van der Waals surface area (Å²) in [5.41, 5.74) is 11.0. The van der Waals surface area contributed by atoms with E-state index < -0.39 is 0 Å². The topological polar surface area (TPSA) is 47.3 Å². The van der Waals surface area contributed by atoms with E-state index in [1.807, 2.05) is 12.1 Å². The Morgan fingerprint density at radius 1 is 1.19 bits per heavy atom. The third-order valence-corrected chi connectivity index (χ3v) is 4.11. The first-order valence-corrected chi connectivity index (χ1v) is 7.45. The van der Waals surface area contributed by atoms with E-state index in [0.717, 1.165) is 18.7 Å². The van der Waals surface area contributed by atoms with Crippen LogP contribution in [-0.2, 0) is 0 Å². The number of nitrogens with one attached hydrogen (secondary N) is 1. The second-order valence-electron chi connectivity index (χ2n) is 5.82. The van der Waals surface area contributed by atoms with Crippen molar-refractivity contribution in [2.24, 2.45) is 5.73 Å². The SMILES string of the molecule is COc1ccc(-c2ccc3c(c2)NCC3C[C@H](C)N)cc1. The lowest BCUT2D eigenvalue weighted by molar-refractivity contribution is 0.415. The smallest absolute Gasteiger partial charge is 0.118 e. The lowest BCUT2D eigenvalue weighted by Crippen LogP contribution is -2.19. The lowest BCUT2D eigenvalue weighted by Gasteiger charge is -2.13. The van der Waals surface area contributed by atoms with Crippen LogP contribution in [0.25, 0.3) is 11.1 Å². The highest BCUT2D eigenvalue weighted by atomic mass is 16.5. The highest BCUT2D eigenvalue weighted by molar-refractivity contribution is 5.72. The van der Waals surface area contributed by atoms with Gasteiger partial charge in [-0.1, -0.05) is 24.3 Å². The van der Waals surface area contributed by atoms with Crippen LogP contribution in [0.1, 0.15) is 24.8 Å². The van der Waals surface area contributed by atoms with Crippen molar-refractivity contribution in [1.82, 2.24) is 0 Å². The van der Waals surface area contributed by atoms with Crippen molar-refractivity contribution in [2.75, 3.05) is 19.0 Å². The molecule has 0 aromatic heterocycles. The minimum atomic E-state index is 0.240. The molecule has 21 heavy (non-hydrogen) atoms. The minimum absolute atomic E-state index is 0.240. The molecule has 0 radical (unpaired) electrons. The van der Waals surface area contributed by atoms with Crippen LogP contribution < -0.4 is 15.8 Å². The summed E-state index contributed by atoms with van der Waals surface area (Å²) in [5, 5.41) is 3.51. The van der Waals surface area contributed by atoms with Crippen LogP contribution >= 0.6 is 0 Å². The van der Waals surface area contributed by atoms with Gasteiger partial charge in [0.25, 0.3) is 0 Å². The lowest BCUT2D eigenvalue weighted by atomic mass is 9.93. The Morgan fingerprint density at radius 3 is 2.57 bits per heavy atom. The minimum Gasteiger partial charge on any atom is -0.497 e. The molecule has 1 unspecified atom stereocenters. The summed E-state index contributed by atoms with van der Waals surface area (Å²) in [6.07, 6.45) is 1.03. The summed E-state index contributed by atoms with van der Waals surface area (Å²) >= 11 is 0. The van der Waals surface area contributed by atoms with Gasteiger partial charge in [-0.05, 0) is 48.2 Å². The van der Waals surface area contributed by atoms with Crippen molar-refractivity contribution in [3.63, 3.8) is 0 Å². The normalized spacial score (nSPS) is 18.0. The van der Waals surface area contributed by atoms with E-state index in [9.17, 15) is 0 Å². The van der Waals surface area contributed by atoms with Gasteiger partial charge in [0, 0.05) is 24.2 Å². The Hall–Kier alpha value is -2.00. The van der Waals surface area contributed by atoms with Gasteiger partial charge in [0.1, 0.15) is 5.75 Å². The van der Waals surface area contributed by atoms with Crippen molar-refractivity contribution in [3.05, 3.63) is 48.0 Å². The van der Waals surface area contributed by atoms with E-state index >= 15 is 0 Å². The maximum Gasteiger partial charge on any atom is 0.118 e.